The van der Waals surface area contributed by atoms with Gasteiger partial charge in [-0.2, -0.15) is 8.42 Å². The summed E-state index contributed by atoms with van der Waals surface area (Å²) in [5.74, 6) is 0.119. The molecule has 0 bridgehead atoms. The van der Waals surface area contributed by atoms with Crippen LogP contribution in [0.15, 0.2) is 87.9 Å². The Balaban J connectivity index is 1.91. The molecule has 6 nitrogen and oxygen atoms in total. The number of azo groups is 1. The molecule has 0 aromatic heterocycles. The predicted molar refractivity (Wildman–Crippen MR) is 104 cm³/mol. The van der Waals surface area contributed by atoms with Gasteiger partial charge in [0.25, 0.3) is 10.1 Å². The van der Waals surface area contributed by atoms with Crippen molar-refractivity contribution in [1.29, 1.82) is 0 Å². The molecule has 4 aromatic carbocycles. The second-order valence-corrected chi connectivity index (χ2v) is 7.32. The molecular formula is C20H14N2O4S. The Morgan fingerprint density at radius 1 is 0.667 bits per heavy atom. The number of aromatic hydroxyl groups is 1. The van der Waals surface area contributed by atoms with Crippen LogP contribution in [0, 0.1) is 0 Å². The van der Waals surface area contributed by atoms with E-state index in [1.165, 1.54) is 12.1 Å². The molecule has 7 heteroatoms. The molecule has 4 rings (SSSR count). The predicted octanol–water partition coefficient (Wildman–Crippen LogP) is 5.36. The highest BCUT2D eigenvalue weighted by Gasteiger charge is 2.19. The van der Waals surface area contributed by atoms with Gasteiger partial charge in [0, 0.05) is 16.2 Å². The molecule has 0 saturated heterocycles. The van der Waals surface area contributed by atoms with Crippen LogP contribution in [0.3, 0.4) is 0 Å². The fourth-order valence-corrected chi connectivity index (χ4v) is 3.88. The van der Waals surface area contributed by atoms with Crippen molar-refractivity contribution in [3.8, 4) is 5.75 Å². The molecular weight excluding hydrogens is 364 g/mol. The van der Waals surface area contributed by atoms with Crippen molar-refractivity contribution in [2.45, 2.75) is 4.90 Å². The lowest BCUT2D eigenvalue weighted by molar-refractivity contribution is 0.481. The van der Waals surface area contributed by atoms with Gasteiger partial charge < -0.3 is 5.11 Å². The minimum atomic E-state index is -4.51. The molecule has 0 amide bonds. The second kappa shape index (κ2) is 6.46. The highest BCUT2D eigenvalue weighted by atomic mass is 32.2. The minimum absolute atomic E-state index is 0.0355. The topological polar surface area (TPSA) is 99.3 Å². The summed E-state index contributed by atoms with van der Waals surface area (Å²) in [6, 6.07) is 20.3. The number of hydrogen-bond donors (Lipinski definition) is 2. The normalized spacial score (nSPS) is 12.2. The first-order valence-electron chi connectivity index (χ1n) is 8.07. The van der Waals surface area contributed by atoms with Crippen molar-refractivity contribution in [2.75, 3.05) is 0 Å². The standard InChI is InChI=1S/C20H14N2O4S/c23-19-12-11-17(15-7-3-4-8-16(15)19)21-22-18-10-9-13-5-1-2-6-14(13)20(18)27(24,25)26/h1-12,23H,(H,24,25,26). The van der Waals surface area contributed by atoms with Crippen molar-refractivity contribution in [1.82, 2.24) is 0 Å². The fraction of sp³-hybridized carbons (Fsp3) is 0. The first-order valence-corrected chi connectivity index (χ1v) is 9.51. The van der Waals surface area contributed by atoms with Crippen LogP contribution in [-0.4, -0.2) is 18.1 Å². The SMILES string of the molecule is O=S(=O)(O)c1c(N=Nc2ccc(O)c3ccccc23)ccc2ccccc12. The fourth-order valence-electron chi connectivity index (χ4n) is 3.04. The maximum absolute atomic E-state index is 12.0. The van der Waals surface area contributed by atoms with E-state index in [0.717, 1.165) is 0 Å². The van der Waals surface area contributed by atoms with E-state index in [9.17, 15) is 18.1 Å². The minimum Gasteiger partial charge on any atom is -0.507 e. The second-order valence-electron chi connectivity index (χ2n) is 5.96. The van der Waals surface area contributed by atoms with Crippen molar-refractivity contribution in [3.63, 3.8) is 0 Å². The summed E-state index contributed by atoms with van der Waals surface area (Å²) in [6.07, 6.45) is 0. The molecule has 0 spiro atoms. The summed E-state index contributed by atoms with van der Waals surface area (Å²) in [4.78, 5) is -0.285. The highest BCUT2D eigenvalue weighted by molar-refractivity contribution is 7.86. The number of hydrogen-bond acceptors (Lipinski definition) is 5. The lowest BCUT2D eigenvalue weighted by Crippen LogP contribution is -1.99. The van der Waals surface area contributed by atoms with Crippen LogP contribution in [0.25, 0.3) is 21.5 Å². The number of phenolic OH excluding ortho intramolecular Hbond substituents is 1. The Bertz CT molecular complexity index is 1310. The van der Waals surface area contributed by atoms with Crippen LogP contribution in [0.2, 0.25) is 0 Å². The van der Waals surface area contributed by atoms with Gasteiger partial charge in [-0.15, -0.1) is 10.2 Å². The van der Waals surface area contributed by atoms with Gasteiger partial charge in [0.05, 0.1) is 5.69 Å². The molecule has 2 N–H and O–H groups in total. The maximum Gasteiger partial charge on any atom is 0.297 e. The Hall–Kier alpha value is -3.29. The van der Waals surface area contributed by atoms with E-state index < -0.39 is 10.1 Å². The van der Waals surface area contributed by atoms with Gasteiger partial charge in [-0.3, -0.25) is 4.55 Å². The molecule has 0 aliphatic heterocycles. The van der Waals surface area contributed by atoms with Gasteiger partial charge in [0.1, 0.15) is 16.3 Å². The van der Waals surface area contributed by atoms with Crippen molar-refractivity contribution in [3.05, 3.63) is 72.8 Å². The summed E-state index contributed by atoms with van der Waals surface area (Å²) < 4.78 is 33.6. The Kier molecular flexibility index (Phi) is 4.10. The summed E-state index contributed by atoms with van der Waals surface area (Å²) >= 11 is 0. The molecule has 0 fully saturated rings. The average molecular weight is 378 g/mol. The molecule has 134 valence electrons. The summed E-state index contributed by atoms with van der Waals surface area (Å²) in [7, 11) is -4.51. The van der Waals surface area contributed by atoms with E-state index >= 15 is 0 Å². The summed E-state index contributed by atoms with van der Waals surface area (Å²) in [6.45, 7) is 0. The maximum atomic E-state index is 12.0. The van der Waals surface area contributed by atoms with Crippen LogP contribution in [0.4, 0.5) is 11.4 Å². The Morgan fingerprint density at radius 2 is 1.26 bits per heavy atom. The third kappa shape index (κ3) is 3.14. The molecule has 0 radical (unpaired) electrons. The van der Waals surface area contributed by atoms with Crippen molar-refractivity contribution < 1.29 is 18.1 Å². The Labute approximate surface area is 155 Å². The molecule has 0 atom stereocenters. The summed E-state index contributed by atoms with van der Waals surface area (Å²) in [5, 5.41) is 20.5. The average Bonchev–Trinajstić information content (AvgIpc) is 2.66. The van der Waals surface area contributed by atoms with Gasteiger partial charge >= 0.3 is 0 Å². The summed E-state index contributed by atoms with van der Waals surface area (Å²) in [5.41, 5.74) is 0.506. The first-order chi connectivity index (χ1) is 12.9. The van der Waals surface area contributed by atoms with Crippen LogP contribution < -0.4 is 0 Å². The first kappa shape index (κ1) is 17.1. The number of nitrogens with zero attached hydrogens (tertiary/aromatic N) is 2. The van der Waals surface area contributed by atoms with E-state index in [1.807, 2.05) is 0 Å². The van der Waals surface area contributed by atoms with Crippen molar-refractivity contribution in [2.24, 2.45) is 10.2 Å². The van der Waals surface area contributed by atoms with Gasteiger partial charge in [0.15, 0.2) is 0 Å². The van der Waals surface area contributed by atoms with Gasteiger partial charge in [0.2, 0.25) is 0 Å². The van der Waals surface area contributed by atoms with Crippen molar-refractivity contribution >= 4 is 43.0 Å². The monoisotopic (exact) mass is 378 g/mol. The lowest BCUT2D eigenvalue weighted by Gasteiger charge is -2.07. The highest BCUT2D eigenvalue weighted by Crippen LogP contribution is 2.36. The quantitative estimate of drug-likeness (QED) is 0.370. The molecule has 4 aromatic rings. The number of rotatable bonds is 3. The van der Waals surface area contributed by atoms with E-state index in [0.29, 0.717) is 27.2 Å². The zero-order valence-corrected chi connectivity index (χ0v) is 14.8. The number of phenols is 1. The molecule has 0 aliphatic rings. The molecule has 0 unspecified atom stereocenters. The van der Waals surface area contributed by atoms with E-state index in [-0.39, 0.29) is 16.3 Å². The zero-order valence-electron chi connectivity index (χ0n) is 13.9. The van der Waals surface area contributed by atoms with Gasteiger partial charge in [-0.25, -0.2) is 0 Å². The van der Waals surface area contributed by atoms with Crippen LogP contribution in [0.1, 0.15) is 0 Å². The Morgan fingerprint density at radius 3 is 2.00 bits per heavy atom. The smallest absolute Gasteiger partial charge is 0.297 e. The van der Waals surface area contributed by atoms with E-state index in [2.05, 4.69) is 10.2 Å². The third-order valence-electron chi connectivity index (χ3n) is 4.26. The van der Waals surface area contributed by atoms with Crippen LogP contribution in [0.5, 0.6) is 5.75 Å². The van der Waals surface area contributed by atoms with Crippen LogP contribution >= 0.6 is 0 Å². The number of benzene rings is 4. The van der Waals surface area contributed by atoms with Gasteiger partial charge in [-0.1, -0.05) is 54.6 Å². The molecule has 0 aliphatic carbocycles. The molecule has 0 heterocycles. The largest absolute Gasteiger partial charge is 0.507 e. The number of fused-ring (bicyclic) bond motifs is 2. The lowest BCUT2D eigenvalue weighted by atomic mass is 10.1. The molecule has 27 heavy (non-hydrogen) atoms. The van der Waals surface area contributed by atoms with E-state index in [4.69, 9.17) is 0 Å². The van der Waals surface area contributed by atoms with Crippen LogP contribution in [-0.2, 0) is 10.1 Å². The van der Waals surface area contributed by atoms with Gasteiger partial charge in [-0.05, 0) is 23.6 Å². The zero-order chi connectivity index (χ0) is 19.0. The third-order valence-corrected chi connectivity index (χ3v) is 5.21. The van der Waals surface area contributed by atoms with E-state index in [1.54, 1.807) is 60.7 Å². The molecule has 0 saturated carbocycles.